The summed E-state index contributed by atoms with van der Waals surface area (Å²) in [6, 6.07) is 4.57. The number of rotatable bonds is 4. The molecule has 170 valence electrons. The van der Waals surface area contributed by atoms with Crippen molar-refractivity contribution in [3.8, 4) is 0 Å². The Hall–Kier alpha value is -3.37. The minimum atomic E-state index is -4.78. The molecule has 2 atom stereocenters. The van der Waals surface area contributed by atoms with Crippen molar-refractivity contribution in [3.05, 3.63) is 47.3 Å². The molecule has 0 radical (unpaired) electrons. The number of nitrogens with two attached hydrogens (primary N) is 1. The highest BCUT2D eigenvalue weighted by atomic mass is 19.4. The molecule has 0 bridgehead atoms. The zero-order chi connectivity index (χ0) is 23.2. The molecule has 32 heavy (non-hydrogen) atoms. The van der Waals surface area contributed by atoms with E-state index in [9.17, 15) is 22.8 Å². The van der Waals surface area contributed by atoms with Gasteiger partial charge in [0.25, 0.3) is 0 Å². The van der Waals surface area contributed by atoms with Crippen LogP contribution in [-0.2, 0) is 10.9 Å². The average molecular weight is 449 g/mol. The van der Waals surface area contributed by atoms with Crippen molar-refractivity contribution >= 4 is 23.5 Å². The van der Waals surface area contributed by atoms with Crippen LogP contribution in [0.25, 0.3) is 0 Å². The number of nitrogens with zero attached hydrogens (tertiary/aromatic N) is 4. The largest absolute Gasteiger partial charge is 0.444 e. The van der Waals surface area contributed by atoms with Gasteiger partial charge in [0.2, 0.25) is 5.78 Å². The lowest BCUT2D eigenvalue weighted by Gasteiger charge is -2.38. The summed E-state index contributed by atoms with van der Waals surface area (Å²) in [7, 11) is 0. The van der Waals surface area contributed by atoms with E-state index < -0.39 is 29.3 Å². The van der Waals surface area contributed by atoms with Gasteiger partial charge in [-0.05, 0) is 30.2 Å². The maximum absolute atomic E-state index is 13.6. The van der Waals surface area contributed by atoms with E-state index in [1.54, 1.807) is 9.80 Å². The fourth-order valence-corrected chi connectivity index (χ4v) is 4.13. The number of nitrogen functional groups attached to an aromatic ring is 1. The molecule has 2 N–H and O–H groups in total. The number of hydrogen-bond acceptors (Lipinski definition) is 7. The number of anilines is 2. The van der Waals surface area contributed by atoms with Gasteiger partial charge < -0.3 is 15.4 Å². The molecule has 2 saturated heterocycles. The maximum atomic E-state index is 13.6. The van der Waals surface area contributed by atoms with Crippen LogP contribution in [0, 0.1) is 5.92 Å². The number of aromatic nitrogens is 2. The smallest absolute Gasteiger partial charge is 0.418 e. The number of cyclic esters (lactones) is 1. The van der Waals surface area contributed by atoms with Gasteiger partial charge in [-0.25, -0.2) is 14.8 Å². The highest BCUT2D eigenvalue weighted by molar-refractivity contribution is 6.11. The molecule has 2 aromatic rings. The second-order valence-electron chi connectivity index (χ2n) is 8.13. The summed E-state index contributed by atoms with van der Waals surface area (Å²) in [6.45, 7) is 4.89. The summed E-state index contributed by atoms with van der Waals surface area (Å²) in [5.74, 6) is -0.846. The first-order chi connectivity index (χ1) is 15.1. The van der Waals surface area contributed by atoms with Crippen molar-refractivity contribution < 1.29 is 27.5 Å². The molecule has 0 aromatic carbocycles. The SMILES string of the molecule is CC(C)C1OC(=O)N2CCN(c3ccc(C(F)(F)F)c(C(=O)c4cccnc4N)n3)CC12. The number of amides is 1. The van der Waals surface area contributed by atoms with E-state index >= 15 is 0 Å². The average Bonchev–Trinajstić information content (AvgIpc) is 3.09. The molecule has 2 aliphatic heterocycles. The Morgan fingerprint density at radius 2 is 2.00 bits per heavy atom. The highest BCUT2D eigenvalue weighted by Crippen LogP contribution is 2.35. The quantitative estimate of drug-likeness (QED) is 0.716. The Kier molecular flexibility index (Phi) is 5.43. The van der Waals surface area contributed by atoms with E-state index in [2.05, 4.69) is 9.97 Å². The van der Waals surface area contributed by atoms with E-state index in [0.29, 0.717) is 19.6 Å². The fraction of sp³-hybridized carbons (Fsp3) is 0.429. The third-order valence-corrected chi connectivity index (χ3v) is 5.73. The Bertz CT molecular complexity index is 1060. The molecular weight excluding hydrogens is 427 g/mol. The molecule has 4 heterocycles. The van der Waals surface area contributed by atoms with E-state index in [0.717, 1.165) is 6.07 Å². The van der Waals surface area contributed by atoms with Crippen LogP contribution >= 0.6 is 0 Å². The number of ketones is 1. The summed E-state index contributed by atoms with van der Waals surface area (Å²) in [5, 5.41) is 0. The zero-order valence-corrected chi connectivity index (χ0v) is 17.5. The molecular formula is C21H22F3N5O3. The molecule has 2 aromatic heterocycles. The topological polar surface area (TPSA) is 102 Å². The van der Waals surface area contributed by atoms with Gasteiger partial charge in [0.1, 0.15) is 23.4 Å². The number of fused-ring (bicyclic) bond motifs is 1. The van der Waals surface area contributed by atoms with E-state index in [1.165, 1.54) is 24.4 Å². The van der Waals surface area contributed by atoms with Crippen molar-refractivity contribution in [2.24, 2.45) is 5.92 Å². The lowest BCUT2D eigenvalue weighted by atomic mass is 9.97. The molecule has 0 aliphatic carbocycles. The molecule has 2 aliphatic rings. The van der Waals surface area contributed by atoms with Crippen molar-refractivity contribution in [1.82, 2.24) is 14.9 Å². The lowest BCUT2D eigenvalue weighted by Crippen LogP contribution is -2.55. The van der Waals surface area contributed by atoms with Crippen LogP contribution in [0.15, 0.2) is 30.5 Å². The van der Waals surface area contributed by atoms with Gasteiger partial charge >= 0.3 is 12.3 Å². The number of ether oxygens (including phenoxy) is 1. The van der Waals surface area contributed by atoms with Crippen LogP contribution in [0.2, 0.25) is 0 Å². The summed E-state index contributed by atoms with van der Waals surface area (Å²) >= 11 is 0. The minimum Gasteiger partial charge on any atom is -0.444 e. The maximum Gasteiger partial charge on any atom is 0.418 e. The fourth-order valence-electron chi connectivity index (χ4n) is 4.13. The number of carbonyl (C=O) groups excluding carboxylic acids is 2. The molecule has 0 saturated carbocycles. The summed E-state index contributed by atoms with van der Waals surface area (Å²) in [5.41, 5.74) is 3.67. The molecule has 8 nitrogen and oxygen atoms in total. The molecule has 1 amide bonds. The van der Waals surface area contributed by atoms with Gasteiger partial charge in [-0.15, -0.1) is 0 Å². The van der Waals surface area contributed by atoms with Crippen LogP contribution in [0.4, 0.5) is 29.6 Å². The van der Waals surface area contributed by atoms with Gasteiger partial charge in [0.05, 0.1) is 17.2 Å². The van der Waals surface area contributed by atoms with Crippen LogP contribution in [0.1, 0.15) is 35.5 Å². The second kappa shape index (κ2) is 7.95. The van der Waals surface area contributed by atoms with Crippen LogP contribution in [-0.4, -0.2) is 58.5 Å². The van der Waals surface area contributed by atoms with Gasteiger partial charge in [-0.3, -0.25) is 9.69 Å². The highest BCUT2D eigenvalue weighted by Gasteiger charge is 2.46. The van der Waals surface area contributed by atoms with E-state index in [1.807, 2.05) is 13.8 Å². The van der Waals surface area contributed by atoms with Gasteiger partial charge in [-0.1, -0.05) is 13.8 Å². The second-order valence-corrected chi connectivity index (χ2v) is 8.13. The number of piperazine rings is 1. The number of alkyl halides is 3. The summed E-state index contributed by atoms with van der Waals surface area (Å²) < 4.78 is 46.4. The van der Waals surface area contributed by atoms with Crippen LogP contribution < -0.4 is 10.6 Å². The Morgan fingerprint density at radius 1 is 1.25 bits per heavy atom. The van der Waals surface area contributed by atoms with Crippen molar-refractivity contribution in [2.75, 3.05) is 30.3 Å². The predicted octanol–water partition coefficient (Wildman–Crippen LogP) is 2.97. The third-order valence-electron chi connectivity index (χ3n) is 5.73. The Morgan fingerprint density at radius 3 is 2.66 bits per heavy atom. The van der Waals surface area contributed by atoms with Crippen molar-refractivity contribution in [3.63, 3.8) is 0 Å². The number of pyridine rings is 2. The Labute approximate surface area is 182 Å². The third kappa shape index (κ3) is 3.82. The summed E-state index contributed by atoms with van der Waals surface area (Å²) in [4.78, 5) is 36.4. The van der Waals surface area contributed by atoms with E-state index in [-0.39, 0.29) is 35.3 Å². The first kappa shape index (κ1) is 21.8. The number of hydrogen-bond donors (Lipinski definition) is 1. The summed E-state index contributed by atoms with van der Waals surface area (Å²) in [6.07, 6.45) is -4.16. The molecule has 0 spiro atoms. The van der Waals surface area contributed by atoms with Crippen LogP contribution in [0.5, 0.6) is 0 Å². The molecule has 11 heteroatoms. The first-order valence-electron chi connectivity index (χ1n) is 10.1. The number of halogens is 3. The monoisotopic (exact) mass is 449 g/mol. The van der Waals surface area contributed by atoms with Crippen molar-refractivity contribution in [1.29, 1.82) is 0 Å². The standard InChI is InChI=1S/C21H22F3N5O3/c1-11(2)18-14-10-28(8-9-29(14)20(31)32-18)15-6-5-13(21(22,23)24)16(27-15)17(30)12-4-3-7-26-19(12)25/h3-7,11,14,18H,8-10H2,1-2H3,(H2,25,26). The number of carbonyl (C=O) groups is 2. The van der Waals surface area contributed by atoms with Gasteiger partial charge in [-0.2, -0.15) is 13.2 Å². The first-order valence-corrected chi connectivity index (χ1v) is 10.1. The van der Waals surface area contributed by atoms with Crippen molar-refractivity contribution in [2.45, 2.75) is 32.2 Å². The molecule has 2 unspecified atom stereocenters. The molecule has 2 fully saturated rings. The van der Waals surface area contributed by atoms with Crippen LogP contribution in [0.3, 0.4) is 0 Å². The van der Waals surface area contributed by atoms with E-state index in [4.69, 9.17) is 10.5 Å². The molecule has 4 rings (SSSR count). The Balaban J connectivity index is 1.70. The normalized spacial score (nSPS) is 21.0. The lowest BCUT2D eigenvalue weighted by molar-refractivity contribution is -0.138. The minimum absolute atomic E-state index is 0.0696. The zero-order valence-electron chi connectivity index (χ0n) is 17.5. The van der Waals surface area contributed by atoms with Gasteiger partial charge in [0, 0.05) is 25.8 Å². The predicted molar refractivity (Wildman–Crippen MR) is 109 cm³/mol. The van der Waals surface area contributed by atoms with Gasteiger partial charge in [0.15, 0.2) is 0 Å².